The van der Waals surface area contributed by atoms with Gasteiger partial charge in [0.25, 0.3) is 0 Å². The summed E-state index contributed by atoms with van der Waals surface area (Å²) in [4.78, 5) is 5.94. The van der Waals surface area contributed by atoms with E-state index < -0.39 is 23.5 Å². The standard InChI is InChI=1S/C68H34F6N6S2/c69-67(70,71)36-25-27-55-44(29-36)38-13-3-9-21-53(38)79(55)65-63(77-51-19-7-1-15-40(51)46-31-48-42-17-5-11-23-59(42)81-61(48)33-57(46)77)50(35-75)64(66(76-65)80-54-22-10-4-14-39(54)45-30-37(68(72,73)74)26-28-56(45)80)78-52-20-8-2-16-41(52)47-32-49-43-18-6-12-24-60(43)82-62(49)34-58(47)78/h1-34H. The molecule has 390 valence electrons. The van der Waals surface area contributed by atoms with Crippen molar-refractivity contribution in [2.75, 3.05) is 0 Å². The molecular weight excluding hydrogens is 1080 g/mol. The molecule has 0 unspecified atom stereocenters. The number of benzene rings is 10. The minimum Gasteiger partial charge on any atom is -0.305 e. The monoisotopic (exact) mass is 1110 g/mol. The second-order valence-electron chi connectivity index (χ2n) is 20.7. The maximum Gasteiger partial charge on any atom is 0.416 e. The predicted octanol–water partition coefficient (Wildman–Crippen LogP) is 20.1. The number of hydrogen-bond acceptors (Lipinski definition) is 4. The molecule has 6 nitrogen and oxygen atoms in total. The molecule has 0 bridgehead atoms. The van der Waals surface area contributed by atoms with Crippen molar-refractivity contribution in [1.82, 2.24) is 23.3 Å². The molecule has 82 heavy (non-hydrogen) atoms. The summed E-state index contributed by atoms with van der Waals surface area (Å²) in [5.41, 5.74) is 3.95. The second-order valence-corrected chi connectivity index (χ2v) is 22.9. The molecule has 0 saturated heterocycles. The highest BCUT2D eigenvalue weighted by Crippen LogP contribution is 2.49. The lowest BCUT2D eigenvalue weighted by atomic mass is 10.1. The fourth-order valence-electron chi connectivity index (χ4n) is 13.0. The Morgan fingerprint density at radius 3 is 1.02 bits per heavy atom. The number of pyridine rings is 1. The van der Waals surface area contributed by atoms with Gasteiger partial charge in [-0.3, -0.25) is 9.13 Å². The van der Waals surface area contributed by atoms with Gasteiger partial charge in [0.1, 0.15) is 23.0 Å². The van der Waals surface area contributed by atoms with Gasteiger partial charge in [0.05, 0.1) is 55.3 Å². The van der Waals surface area contributed by atoms with Gasteiger partial charge in [-0.1, -0.05) is 109 Å². The molecule has 14 heteroatoms. The Bertz CT molecular complexity index is 5380. The van der Waals surface area contributed by atoms with Crippen LogP contribution in [-0.2, 0) is 12.4 Å². The van der Waals surface area contributed by atoms with Crippen molar-refractivity contribution in [2.24, 2.45) is 0 Å². The highest BCUT2D eigenvalue weighted by Gasteiger charge is 2.36. The van der Waals surface area contributed by atoms with E-state index in [0.29, 0.717) is 55.0 Å². The third kappa shape index (κ3) is 6.42. The lowest BCUT2D eigenvalue weighted by Gasteiger charge is -2.24. The van der Waals surface area contributed by atoms with E-state index in [-0.39, 0.29) is 17.2 Å². The lowest BCUT2D eigenvalue weighted by molar-refractivity contribution is -0.138. The molecular formula is C68H34F6N6S2. The Hall–Kier alpha value is -9.94. The molecule has 17 aromatic rings. The zero-order valence-corrected chi connectivity index (χ0v) is 44.0. The largest absolute Gasteiger partial charge is 0.416 e. The van der Waals surface area contributed by atoms with Crippen molar-refractivity contribution < 1.29 is 26.3 Å². The first-order valence-electron chi connectivity index (χ1n) is 26.3. The summed E-state index contributed by atoms with van der Waals surface area (Å²) in [5, 5.41) is 22.2. The number of nitrogens with zero attached hydrogens (tertiary/aromatic N) is 6. The number of aromatic nitrogens is 5. The maximum atomic E-state index is 14.8. The minimum absolute atomic E-state index is 0.147. The van der Waals surface area contributed by atoms with E-state index in [1.54, 1.807) is 46.9 Å². The van der Waals surface area contributed by atoms with Crippen LogP contribution in [0.4, 0.5) is 26.3 Å². The van der Waals surface area contributed by atoms with Crippen LogP contribution in [0, 0.1) is 11.3 Å². The number of halogens is 6. The van der Waals surface area contributed by atoms with Crippen molar-refractivity contribution in [3.63, 3.8) is 0 Å². The third-order valence-corrected chi connectivity index (χ3v) is 18.7. The molecule has 0 amide bonds. The quantitative estimate of drug-likeness (QED) is 0.165. The summed E-state index contributed by atoms with van der Waals surface area (Å²) in [6, 6.07) is 65.7. The molecule has 0 atom stereocenters. The number of thiophene rings is 2. The molecule has 17 rings (SSSR count). The van der Waals surface area contributed by atoms with E-state index in [1.807, 2.05) is 94.1 Å². The van der Waals surface area contributed by atoms with E-state index in [1.165, 1.54) is 12.1 Å². The van der Waals surface area contributed by atoms with Crippen LogP contribution in [0.15, 0.2) is 206 Å². The first kappa shape index (κ1) is 46.9. The van der Waals surface area contributed by atoms with Crippen LogP contribution >= 0.6 is 22.7 Å². The Kier molecular flexibility index (Phi) is 9.49. The summed E-state index contributed by atoms with van der Waals surface area (Å²) >= 11 is 3.31. The fraction of sp³-hybridized carbons (Fsp3) is 0.0294. The van der Waals surface area contributed by atoms with Crippen LogP contribution in [-0.4, -0.2) is 23.3 Å². The number of hydrogen-bond donors (Lipinski definition) is 0. The normalized spacial score (nSPS) is 12.7. The highest BCUT2D eigenvalue weighted by molar-refractivity contribution is 7.26. The van der Waals surface area contributed by atoms with Crippen LogP contribution in [0.3, 0.4) is 0 Å². The molecule has 0 radical (unpaired) electrons. The molecule has 10 aromatic carbocycles. The number of fused-ring (bicyclic) bond motifs is 18. The van der Waals surface area contributed by atoms with Crippen molar-refractivity contribution in [3.05, 3.63) is 223 Å². The summed E-state index contributed by atoms with van der Waals surface area (Å²) in [6.45, 7) is 0. The van der Waals surface area contributed by atoms with Crippen molar-refractivity contribution in [2.45, 2.75) is 12.4 Å². The van der Waals surface area contributed by atoms with Gasteiger partial charge >= 0.3 is 12.4 Å². The van der Waals surface area contributed by atoms with Gasteiger partial charge in [-0.2, -0.15) is 31.6 Å². The van der Waals surface area contributed by atoms with E-state index in [0.717, 1.165) is 108 Å². The molecule has 0 fully saturated rings. The topological polar surface area (TPSA) is 56.4 Å². The van der Waals surface area contributed by atoms with Gasteiger partial charge in [0.15, 0.2) is 11.6 Å². The molecule has 0 saturated carbocycles. The first-order chi connectivity index (χ1) is 39.9. The predicted molar refractivity (Wildman–Crippen MR) is 322 cm³/mol. The van der Waals surface area contributed by atoms with Gasteiger partial charge < -0.3 is 9.13 Å². The summed E-state index contributed by atoms with van der Waals surface area (Å²) in [5.74, 6) is 0.400. The van der Waals surface area contributed by atoms with Crippen LogP contribution in [0.2, 0.25) is 0 Å². The minimum atomic E-state index is -4.67. The van der Waals surface area contributed by atoms with E-state index in [2.05, 4.69) is 75.9 Å². The molecule has 7 aromatic heterocycles. The van der Waals surface area contributed by atoms with Gasteiger partial charge in [0.2, 0.25) is 0 Å². The smallest absolute Gasteiger partial charge is 0.305 e. The number of para-hydroxylation sites is 4. The molecule has 0 aliphatic rings. The van der Waals surface area contributed by atoms with E-state index in [9.17, 15) is 31.6 Å². The van der Waals surface area contributed by atoms with Crippen LogP contribution in [0.25, 0.3) is 151 Å². The Morgan fingerprint density at radius 1 is 0.317 bits per heavy atom. The Morgan fingerprint density at radius 2 is 0.646 bits per heavy atom. The van der Waals surface area contributed by atoms with Crippen molar-refractivity contribution >= 4 is 150 Å². The lowest BCUT2D eigenvalue weighted by Crippen LogP contribution is -2.16. The number of nitriles is 1. The maximum absolute atomic E-state index is 14.8. The number of rotatable bonds is 4. The van der Waals surface area contributed by atoms with Gasteiger partial charge in [0, 0.05) is 83.4 Å². The third-order valence-electron chi connectivity index (χ3n) is 16.4. The molecule has 0 aliphatic heterocycles. The van der Waals surface area contributed by atoms with Crippen LogP contribution in [0.1, 0.15) is 16.7 Å². The van der Waals surface area contributed by atoms with Crippen molar-refractivity contribution in [1.29, 1.82) is 5.26 Å². The van der Waals surface area contributed by atoms with Gasteiger partial charge in [-0.05, 0) is 97.1 Å². The molecule has 0 spiro atoms. The summed E-state index contributed by atoms with van der Waals surface area (Å²) in [6.07, 6.45) is -9.34. The second kappa shape index (κ2) is 16.6. The van der Waals surface area contributed by atoms with Gasteiger partial charge in [-0.15, -0.1) is 22.7 Å². The average Bonchev–Trinajstić information content (AvgIpc) is 2.55. The fourth-order valence-corrected chi connectivity index (χ4v) is 15.2. The summed E-state index contributed by atoms with van der Waals surface area (Å²) < 4.78 is 101. The number of alkyl halides is 6. The molecule has 7 heterocycles. The van der Waals surface area contributed by atoms with Crippen LogP contribution < -0.4 is 0 Å². The van der Waals surface area contributed by atoms with Crippen LogP contribution in [0.5, 0.6) is 0 Å². The summed E-state index contributed by atoms with van der Waals surface area (Å²) in [7, 11) is 0. The first-order valence-corrected chi connectivity index (χ1v) is 27.9. The molecule has 0 N–H and O–H groups in total. The Labute approximate surface area is 466 Å². The Balaban J connectivity index is 1.14. The zero-order chi connectivity index (χ0) is 55.1. The SMILES string of the molecule is N#Cc1c(-n2c3ccccc3c3cc4c(cc32)sc2ccccc24)c(-n2c3ccccc3c3cc(C(F)(F)F)ccc32)nc(-n2c3ccccc3c3cc(C(F)(F)F)ccc32)c1-n1c2ccccc2c2cc3c(cc21)sc1ccccc13. The molecule has 0 aliphatic carbocycles. The highest BCUT2D eigenvalue weighted by atomic mass is 32.1. The van der Waals surface area contributed by atoms with Crippen molar-refractivity contribution in [3.8, 4) is 29.1 Å². The van der Waals surface area contributed by atoms with Gasteiger partial charge in [-0.25, -0.2) is 4.98 Å². The average molecular weight is 1110 g/mol. The zero-order valence-electron chi connectivity index (χ0n) is 42.4. The van der Waals surface area contributed by atoms with E-state index >= 15 is 0 Å². The van der Waals surface area contributed by atoms with E-state index in [4.69, 9.17) is 4.98 Å².